The van der Waals surface area contributed by atoms with Gasteiger partial charge < -0.3 is 26.0 Å². The van der Waals surface area contributed by atoms with Crippen molar-refractivity contribution in [1.82, 2.24) is 0 Å². The van der Waals surface area contributed by atoms with E-state index in [9.17, 15) is 9.59 Å². The standard InChI is InChI=1S/C12H16N2O5/c1-19-8-4-2-7(3-5-8)14-10(12(17)18)6-9(13)11(15)16/h2-5,9-10,14H,6,13H2,1H3,(H,15,16)(H,17,18)/t9-,10?/m0/s1. The number of aliphatic carboxylic acids is 2. The van der Waals surface area contributed by atoms with Crippen molar-refractivity contribution < 1.29 is 24.5 Å². The van der Waals surface area contributed by atoms with Crippen LogP contribution in [0.2, 0.25) is 0 Å². The van der Waals surface area contributed by atoms with E-state index in [4.69, 9.17) is 20.7 Å². The molecule has 5 N–H and O–H groups in total. The highest BCUT2D eigenvalue weighted by atomic mass is 16.5. The SMILES string of the molecule is COc1ccc(NC(C[C@H](N)C(=O)O)C(=O)O)cc1. The fourth-order valence-corrected chi connectivity index (χ4v) is 1.46. The van der Waals surface area contributed by atoms with E-state index in [1.54, 1.807) is 24.3 Å². The number of ether oxygens (including phenoxy) is 1. The molecule has 0 fully saturated rings. The van der Waals surface area contributed by atoms with Crippen molar-refractivity contribution in [3.63, 3.8) is 0 Å². The summed E-state index contributed by atoms with van der Waals surface area (Å²) in [6.07, 6.45) is -0.212. The van der Waals surface area contributed by atoms with Crippen LogP contribution in [0.5, 0.6) is 5.75 Å². The zero-order chi connectivity index (χ0) is 14.4. The molecule has 0 saturated heterocycles. The monoisotopic (exact) mass is 268 g/mol. The average molecular weight is 268 g/mol. The van der Waals surface area contributed by atoms with E-state index in [-0.39, 0.29) is 6.42 Å². The van der Waals surface area contributed by atoms with E-state index in [2.05, 4.69) is 5.32 Å². The number of anilines is 1. The van der Waals surface area contributed by atoms with Gasteiger partial charge in [-0.2, -0.15) is 0 Å². The molecular formula is C12H16N2O5. The number of hydrogen-bond donors (Lipinski definition) is 4. The molecule has 7 heteroatoms. The number of rotatable bonds is 7. The van der Waals surface area contributed by atoms with Crippen LogP contribution in [0.1, 0.15) is 6.42 Å². The smallest absolute Gasteiger partial charge is 0.326 e. The van der Waals surface area contributed by atoms with Gasteiger partial charge in [-0.05, 0) is 24.3 Å². The average Bonchev–Trinajstić information content (AvgIpc) is 2.38. The summed E-state index contributed by atoms with van der Waals surface area (Å²) in [4.78, 5) is 21.7. The van der Waals surface area contributed by atoms with Crippen molar-refractivity contribution >= 4 is 17.6 Å². The Morgan fingerprint density at radius 3 is 2.26 bits per heavy atom. The predicted octanol–water partition coefficient (Wildman–Crippen LogP) is 0.362. The van der Waals surface area contributed by atoms with Gasteiger partial charge in [0, 0.05) is 12.1 Å². The number of carbonyl (C=O) groups is 2. The normalized spacial score (nSPS) is 13.4. The fourth-order valence-electron chi connectivity index (χ4n) is 1.46. The molecule has 19 heavy (non-hydrogen) atoms. The van der Waals surface area contributed by atoms with Crippen molar-refractivity contribution in [2.45, 2.75) is 18.5 Å². The van der Waals surface area contributed by atoms with Gasteiger partial charge in [-0.3, -0.25) is 4.79 Å². The molecule has 0 aliphatic rings. The number of nitrogens with two attached hydrogens (primary N) is 1. The summed E-state index contributed by atoms with van der Waals surface area (Å²) in [7, 11) is 1.52. The lowest BCUT2D eigenvalue weighted by molar-refractivity contribution is -0.140. The Morgan fingerprint density at radius 2 is 1.84 bits per heavy atom. The molecule has 0 heterocycles. The molecule has 0 saturated carbocycles. The largest absolute Gasteiger partial charge is 0.497 e. The van der Waals surface area contributed by atoms with Crippen molar-refractivity contribution in [2.24, 2.45) is 5.73 Å². The lowest BCUT2D eigenvalue weighted by Gasteiger charge is -2.17. The van der Waals surface area contributed by atoms with Crippen LogP contribution < -0.4 is 15.8 Å². The minimum absolute atomic E-state index is 0.212. The van der Waals surface area contributed by atoms with Crippen LogP contribution in [0.3, 0.4) is 0 Å². The van der Waals surface area contributed by atoms with Crippen molar-refractivity contribution in [3.8, 4) is 5.75 Å². The molecule has 0 aromatic heterocycles. The van der Waals surface area contributed by atoms with E-state index in [0.717, 1.165) is 0 Å². The summed E-state index contributed by atoms with van der Waals surface area (Å²) in [5, 5.41) is 20.4. The first-order valence-corrected chi connectivity index (χ1v) is 5.56. The molecule has 0 aliphatic heterocycles. The highest BCUT2D eigenvalue weighted by molar-refractivity contribution is 5.80. The number of nitrogens with one attached hydrogen (secondary N) is 1. The summed E-state index contributed by atoms with van der Waals surface area (Å²) in [5.74, 6) is -1.75. The van der Waals surface area contributed by atoms with Crippen molar-refractivity contribution in [3.05, 3.63) is 24.3 Å². The number of carboxylic acid groups (broad SMARTS) is 2. The van der Waals surface area contributed by atoms with Gasteiger partial charge in [0.2, 0.25) is 0 Å². The topological polar surface area (TPSA) is 122 Å². The van der Waals surface area contributed by atoms with Gasteiger partial charge in [0.25, 0.3) is 0 Å². The maximum atomic E-state index is 11.0. The van der Waals surface area contributed by atoms with Gasteiger partial charge in [-0.15, -0.1) is 0 Å². The molecule has 7 nitrogen and oxygen atoms in total. The third-order valence-electron chi connectivity index (χ3n) is 2.54. The van der Waals surface area contributed by atoms with Crippen LogP contribution in [0.25, 0.3) is 0 Å². The molecule has 1 aromatic rings. The number of benzene rings is 1. The Balaban J connectivity index is 2.72. The second-order valence-electron chi connectivity index (χ2n) is 3.94. The molecule has 0 radical (unpaired) electrons. The second kappa shape index (κ2) is 6.60. The Bertz CT molecular complexity index is 446. The maximum absolute atomic E-state index is 11.0. The van der Waals surface area contributed by atoms with Gasteiger partial charge in [0.1, 0.15) is 17.8 Å². The third kappa shape index (κ3) is 4.47. The molecule has 104 valence electrons. The maximum Gasteiger partial charge on any atom is 0.326 e. The third-order valence-corrected chi connectivity index (χ3v) is 2.54. The summed E-state index contributed by atoms with van der Waals surface area (Å²) in [6, 6.07) is 4.31. The first-order chi connectivity index (χ1) is 8.93. The van der Waals surface area contributed by atoms with Crippen molar-refractivity contribution in [2.75, 3.05) is 12.4 Å². The van der Waals surface area contributed by atoms with Gasteiger partial charge in [0.05, 0.1) is 7.11 Å². The summed E-state index contributed by atoms with van der Waals surface area (Å²) in [5.41, 5.74) is 5.88. The van der Waals surface area contributed by atoms with E-state index in [1.807, 2.05) is 0 Å². The van der Waals surface area contributed by atoms with Crippen LogP contribution in [0.15, 0.2) is 24.3 Å². The van der Waals surface area contributed by atoms with Gasteiger partial charge >= 0.3 is 11.9 Å². The van der Waals surface area contributed by atoms with Gasteiger partial charge in [-0.1, -0.05) is 0 Å². The molecular weight excluding hydrogens is 252 g/mol. The summed E-state index contributed by atoms with van der Waals surface area (Å²) >= 11 is 0. The highest BCUT2D eigenvalue weighted by Gasteiger charge is 2.24. The molecule has 1 unspecified atom stereocenters. The Hall–Kier alpha value is -2.28. The van der Waals surface area contributed by atoms with Gasteiger partial charge in [0.15, 0.2) is 0 Å². The molecule has 1 rings (SSSR count). The second-order valence-corrected chi connectivity index (χ2v) is 3.94. The molecule has 1 aromatic carbocycles. The predicted molar refractivity (Wildman–Crippen MR) is 68.3 cm³/mol. The molecule has 0 bridgehead atoms. The Morgan fingerprint density at radius 1 is 1.26 bits per heavy atom. The van der Waals surface area contributed by atoms with Crippen LogP contribution in [0.4, 0.5) is 5.69 Å². The Labute approximate surface area is 110 Å². The fraction of sp³-hybridized carbons (Fsp3) is 0.333. The first kappa shape index (κ1) is 14.8. The van der Waals surface area contributed by atoms with E-state index < -0.39 is 24.0 Å². The molecule has 2 atom stereocenters. The summed E-state index contributed by atoms with van der Waals surface area (Å²) < 4.78 is 4.98. The van der Waals surface area contributed by atoms with E-state index in [1.165, 1.54) is 7.11 Å². The first-order valence-electron chi connectivity index (χ1n) is 5.56. The van der Waals surface area contributed by atoms with Crippen LogP contribution in [-0.4, -0.2) is 41.3 Å². The molecule has 0 spiro atoms. The zero-order valence-corrected chi connectivity index (χ0v) is 10.4. The minimum Gasteiger partial charge on any atom is -0.497 e. The van der Waals surface area contributed by atoms with Crippen LogP contribution in [0, 0.1) is 0 Å². The quantitative estimate of drug-likeness (QED) is 0.563. The molecule has 0 aliphatic carbocycles. The highest BCUT2D eigenvalue weighted by Crippen LogP contribution is 2.16. The van der Waals surface area contributed by atoms with E-state index in [0.29, 0.717) is 11.4 Å². The number of methoxy groups -OCH3 is 1. The van der Waals surface area contributed by atoms with Crippen LogP contribution in [-0.2, 0) is 9.59 Å². The zero-order valence-electron chi connectivity index (χ0n) is 10.4. The van der Waals surface area contributed by atoms with Crippen molar-refractivity contribution in [1.29, 1.82) is 0 Å². The lowest BCUT2D eigenvalue weighted by Crippen LogP contribution is -2.40. The number of carboxylic acids is 2. The van der Waals surface area contributed by atoms with E-state index >= 15 is 0 Å². The van der Waals surface area contributed by atoms with Gasteiger partial charge in [-0.25, -0.2) is 4.79 Å². The Kier molecular flexibility index (Phi) is 5.13. The van der Waals surface area contributed by atoms with Crippen LogP contribution >= 0.6 is 0 Å². The minimum atomic E-state index is -1.23. The lowest BCUT2D eigenvalue weighted by atomic mass is 10.1. The number of hydrogen-bond acceptors (Lipinski definition) is 5. The summed E-state index contributed by atoms with van der Waals surface area (Å²) in [6.45, 7) is 0. The molecule has 0 amide bonds.